The van der Waals surface area contributed by atoms with Gasteiger partial charge >= 0.3 is 12.4 Å². The summed E-state index contributed by atoms with van der Waals surface area (Å²) in [6.45, 7) is -1.15. The van der Waals surface area contributed by atoms with E-state index >= 15 is 0 Å². The van der Waals surface area contributed by atoms with Gasteiger partial charge < -0.3 is 14.4 Å². The minimum atomic E-state index is -4.80. The van der Waals surface area contributed by atoms with Crippen molar-refractivity contribution in [1.82, 2.24) is 4.90 Å². The van der Waals surface area contributed by atoms with Gasteiger partial charge in [0.15, 0.2) is 22.5 Å². The average Bonchev–Trinajstić information content (AvgIpc) is 3.18. The van der Waals surface area contributed by atoms with Crippen molar-refractivity contribution in [2.75, 3.05) is 12.9 Å². The summed E-state index contributed by atoms with van der Waals surface area (Å²) >= 11 is 0. The maximum atomic E-state index is 13.0. The second-order valence-electron chi connectivity index (χ2n) is 8.06. The van der Waals surface area contributed by atoms with E-state index in [-0.39, 0.29) is 18.8 Å². The van der Waals surface area contributed by atoms with E-state index in [1.807, 2.05) is 0 Å². The average molecular weight is 539 g/mol. The molecule has 1 aliphatic heterocycles. The van der Waals surface area contributed by atoms with Crippen molar-refractivity contribution in [2.45, 2.75) is 43.4 Å². The number of ether oxygens (including phenoxy) is 2. The molecule has 2 aromatic rings. The first-order valence-electron chi connectivity index (χ1n) is 10.2. The highest BCUT2D eigenvalue weighted by atomic mass is 32.2. The number of carbonyl (C=O) groups excluding carboxylic acids is 2. The number of benzene rings is 2. The summed E-state index contributed by atoms with van der Waals surface area (Å²) in [7, 11) is -3.89. The van der Waals surface area contributed by atoms with Crippen molar-refractivity contribution >= 4 is 21.5 Å². The molecule has 1 aliphatic rings. The monoisotopic (exact) mass is 539 g/mol. The molecule has 196 valence electrons. The van der Waals surface area contributed by atoms with Crippen LogP contribution in [0.15, 0.2) is 41.3 Å². The quantitative estimate of drug-likeness (QED) is 0.299. The molecule has 1 atom stereocenters. The van der Waals surface area contributed by atoms with Gasteiger partial charge in [0.05, 0.1) is 10.5 Å². The molecule has 0 aliphatic carbocycles. The predicted molar refractivity (Wildman–Crippen MR) is 112 cm³/mol. The van der Waals surface area contributed by atoms with Crippen molar-refractivity contribution in [3.63, 3.8) is 0 Å². The van der Waals surface area contributed by atoms with Crippen molar-refractivity contribution in [3.8, 4) is 11.5 Å². The van der Waals surface area contributed by atoms with E-state index < -0.39 is 62.8 Å². The topological polar surface area (TPSA) is 90.0 Å². The van der Waals surface area contributed by atoms with Crippen LogP contribution in [0.5, 0.6) is 11.5 Å². The molecule has 2 aromatic carbocycles. The fourth-order valence-corrected chi connectivity index (χ4v) is 3.95. The number of halogens is 6. The van der Waals surface area contributed by atoms with Gasteiger partial charge in [0.25, 0.3) is 11.7 Å². The highest BCUT2D eigenvalue weighted by Crippen LogP contribution is 2.32. The highest BCUT2D eigenvalue weighted by Gasteiger charge is 2.39. The van der Waals surface area contributed by atoms with Crippen molar-refractivity contribution < 1.29 is 53.8 Å². The molecule has 0 aromatic heterocycles. The SMILES string of the molecule is C[C@H](Oc1ccc(S(C)(=O)=O)cc1C(=O)C(=O)N1Cc2ccc(OCC(F)(F)F)cc2C1)C(F)(F)F. The molecule has 0 saturated heterocycles. The summed E-state index contributed by atoms with van der Waals surface area (Å²) < 4.78 is 109. The van der Waals surface area contributed by atoms with Gasteiger partial charge in [-0.2, -0.15) is 26.3 Å². The zero-order valence-electron chi connectivity index (χ0n) is 18.7. The summed E-state index contributed by atoms with van der Waals surface area (Å²) in [4.78, 5) is 26.5. The lowest BCUT2D eigenvalue weighted by Crippen LogP contribution is -2.34. The van der Waals surface area contributed by atoms with Gasteiger partial charge in [0, 0.05) is 19.3 Å². The van der Waals surface area contributed by atoms with Crippen molar-refractivity contribution in [3.05, 3.63) is 53.1 Å². The number of hydrogen-bond donors (Lipinski definition) is 0. The highest BCUT2D eigenvalue weighted by molar-refractivity contribution is 7.90. The Bertz CT molecular complexity index is 1290. The number of amides is 1. The Morgan fingerprint density at radius 1 is 1.00 bits per heavy atom. The molecular formula is C22H19F6NO6S. The van der Waals surface area contributed by atoms with Crippen LogP contribution in [0.3, 0.4) is 0 Å². The molecule has 1 heterocycles. The van der Waals surface area contributed by atoms with Gasteiger partial charge in [-0.05, 0) is 48.4 Å². The van der Waals surface area contributed by atoms with Crippen LogP contribution in [0.1, 0.15) is 28.4 Å². The Hall–Kier alpha value is -3.29. The third kappa shape index (κ3) is 6.47. The van der Waals surface area contributed by atoms with Crippen LogP contribution in [-0.4, -0.2) is 56.3 Å². The molecule has 0 N–H and O–H groups in total. The van der Waals surface area contributed by atoms with Gasteiger partial charge in [-0.25, -0.2) is 8.42 Å². The molecular weight excluding hydrogens is 520 g/mol. The molecule has 0 radical (unpaired) electrons. The van der Waals surface area contributed by atoms with Crippen molar-refractivity contribution in [2.24, 2.45) is 0 Å². The van der Waals surface area contributed by atoms with E-state index in [2.05, 4.69) is 4.74 Å². The molecule has 1 amide bonds. The molecule has 7 nitrogen and oxygen atoms in total. The van der Waals surface area contributed by atoms with Gasteiger partial charge in [0.1, 0.15) is 11.5 Å². The third-order valence-corrected chi connectivity index (χ3v) is 6.28. The van der Waals surface area contributed by atoms with E-state index in [0.717, 1.165) is 29.4 Å². The van der Waals surface area contributed by atoms with Crippen molar-refractivity contribution in [1.29, 1.82) is 0 Å². The van der Waals surface area contributed by atoms with E-state index in [4.69, 9.17) is 4.74 Å². The van der Waals surface area contributed by atoms with Crippen LogP contribution < -0.4 is 9.47 Å². The standard InChI is InChI=1S/C22H19F6NO6S/c1-12(22(26,27)28)35-18-6-5-16(36(2,32)33)8-17(18)19(30)20(31)29-9-13-3-4-15(7-14(13)10-29)34-11-21(23,24)25/h3-8,12H,9-11H2,1-2H3/t12-/m0/s1. The second kappa shape index (κ2) is 9.64. The third-order valence-electron chi connectivity index (χ3n) is 5.17. The fraction of sp³-hybridized carbons (Fsp3) is 0.364. The number of Topliss-reactive ketones (excluding diaryl/α,β-unsaturated/α-hetero) is 1. The Morgan fingerprint density at radius 3 is 2.22 bits per heavy atom. The molecule has 0 fully saturated rings. The maximum Gasteiger partial charge on any atom is 0.425 e. The molecule has 36 heavy (non-hydrogen) atoms. The smallest absolute Gasteiger partial charge is 0.425 e. The number of rotatable bonds is 7. The van der Waals surface area contributed by atoms with Gasteiger partial charge in [-0.3, -0.25) is 9.59 Å². The first-order valence-corrected chi connectivity index (χ1v) is 12.1. The fourth-order valence-electron chi connectivity index (χ4n) is 3.31. The molecule has 0 saturated carbocycles. The van der Waals surface area contributed by atoms with Crippen LogP contribution in [0.2, 0.25) is 0 Å². The number of sulfone groups is 1. The Kier molecular flexibility index (Phi) is 7.31. The summed E-state index contributed by atoms with van der Waals surface area (Å²) in [5.41, 5.74) is 0.245. The van der Waals surface area contributed by atoms with Gasteiger partial charge in [-0.15, -0.1) is 0 Å². The van der Waals surface area contributed by atoms with E-state index in [9.17, 15) is 44.3 Å². The molecule has 0 bridgehead atoms. The molecule has 14 heteroatoms. The number of nitrogens with zero attached hydrogens (tertiary/aromatic N) is 1. The second-order valence-corrected chi connectivity index (χ2v) is 10.1. The summed E-state index contributed by atoms with van der Waals surface area (Å²) in [6.07, 6.45) is -10.9. The van der Waals surface area contributed by atoms with Crippen LogP contribution in [-0.2, 0) is 27.7 Å². The Labute approximate surface area is 201 Å². The van der Waals surface area contributed by atoms with Gasteiger partial charge in [-0.1, -0.05) is 6.07 Å². The maximum absolute atomic E-state index is 13.0. The summed E-state index contributed by atoms with van der Waals surface area (Å²) in [5.74, 6) is -3.22. The molecule has 0 spiro atoms. The number of carbonyl (C=O) groups is 2. The molecule has 3 rings (SSSR count). The first kappa shape index (κ1) is 27.3. The largest absolute Gasteiger partial charge is 0.484 e. The number of hydrogen-bond acceptors (Lipinski definition) is 6. The number of ketones is 1. The van der Waals surface area contributed by atoms with Crippen LogP contribution in [0, 0.1) is 0 Å². The van der Waals surface area contributed by atoms with E-state index in [1.165, 1.54) is 18.2 Å². The van der Waals surface area contributed by atoms with Crippen LogP contribution >= 0.6 is 0 Å². The van der Waals surface area contributed by atoms with Crippen LogP contribution in [0.4, 0.5) is 26.3 Å². The van der Waals surface area contributed by atoms with Crippen LogP contribution in [0.25, 0.3) is 0 Å². The normalized spacial score (nSPS) is 14.8. The first-order chi connectivity index (χ1) is 16.5. The number of alkyl halides is 6. The lowest BCUT2D eigenvalue weighted by molar-refractivity contribution is -0.189. The Morgan fingerprint density at radius 2 is 1.64 bits per heavy atom. The minimum Gasteiger partial charge on any atom is -0.484 e. The lowest BCUT2D eigenvalue weighted by Gasteiger charge is -2.20. The Balaban J connectivity index is 1.86. The predicted octanol–water partition coefficient (Wildman–Crippen LogP) is 4.09. The zero-order chi connectivity index (χ0) is 27.1. The van der Waals surface area contributed by atoms with Gasteiger partial charge in [0.2, 0.25) is 0 Å². The van der Waals surface area contributed by atoms with E-state index in [1.54, 1.807) is 0 Å². The number of fused-ring (bicyclic) bond motifs is 1. The molecule has 0 unspecified atom stereocenters. The summed E-state index contributed by atoms with van der Waals surface area (Å²) in [6, 6.07) is 6.54. The summed E-state index contributed by atoms with van der Waals surface area (Å²) in [5, 5.41) is 0. The van der Waals surface area contributed by atoms with E-state index in [0.29, 0.717) is 18.1 Å². The zero-order valence-corrected chi connectivity index (χ0v) is 19.6. The minimum absolute atomic E-state index is 0.107. The lowest BCUT2D eigenvalue weighted by atomic mass is 10.1.